The highest BCUT2D eigenvalue weighted by Crippen LogP contribution is 2.31. The molecule has 0 saturated carbocycles. The lowest BCUT2D eigenvalue weighted by Crippen LogP contribution is -2.34. The molecule has 12 heteroatoms. The second kappa shape index (κ2) is 6.85. The molecule has 1 amide bonds. The van der Waals surface area contributed by atoms with Gasteiger partial charge in [-0.1, -0.05) is 0 Å². The van der Waals surface area contributed by atoms with Gasteiger partial charge in [0.25, 0.3) is 15.9 Å². The molecule has 0 aliphatic carbocycles. The predicted octanol–water partition coefficient (Wildman–Crippen LogP) is 3.94. The van der Waals surface area contributed by atoms with Crippen molar-refractivity contribution in [1.82, 2.24) is 4.47 Å². The number of nitrogens with zero attached hydrogens (tertiary/aromatic N) is 1. The first-order valence-electron chi connectivity index (χ1n) is 6.87. The molecule has 0 radical (unpaired) electrons. The number of hydroxylamine groups is 1. The van der Waals surface area contributed by atoms with Crippen molar-refractivity contribution in [3.63, 3.8) is 0 Å². The molecule has 0 saturated heterocycles. The Bertz CT molecular complexity index is 934. The lowest BCUT2D eigenvalue weighted by molar-refractivity contribution is -0.138. The number of carbonyl (C=O) groups is 1. The average molecular weight is 413 g/mol. The number of alkyl halides is 6. The average Bonchev–Trinajstić information content (AvgIpc) is 2.59. The third kappa shape index (κ3) is 4.39. The minimum absolute atomic E-state index is 0.434. The highest BCUT2D eigenvalue weighted by atomic mass is 32.2. The maximum atomic E-state index is 12.5. The van der Waals surface area contributed by atoms with Gasteiger partial charge >= 0.3 is 12.4 Å². The van der Waals surface area contributed by atoms with Gasteiger partial charge in [0, 0.05) is 5.56 Å². The second-order valence-corrected chi connectivity index (χ2v) is 6.92. The van der Waals surface area contributed by atoms with Crippen LogP contribution in [0.1, 0.15) is 21.5 Å². The van der Waals surface area contributed by atoms with E-state index in [9.17, 15) is 44.8 Å². The van der Waals surface area contributed by atoms with E-state index in [0.717, 1.165) is 0 Å². The summed E-state index contributed by atoms with van der Waals surface area (Å²) >= 11 is 0. The lowest BCUT2D eigenvalue weighted by atomic mass is 10.1. The number of amides is 1. The first-order chi connectivity index (χ1) is 12.2. The summed E-state index contributed by atoms with van der Waals surface area (Å²) in [6, 6.07) is 4.24. The van der Waals surface area contributed by atoms with Gasteiger partial charge in [0.1, 0.15) is 0 Å². The van der Waals surface area contributed by atoms with Crippen molar-refractivity contribution < 1.29 is 44.8 Å². The van der Waals surface area contributed by atoms with Crippen molar-refractivity contribution in [2.24, 2.45) is 0 Å². The summed E-state index contributed by atoms with van der Waals surface area (Å²) in [6.45, 7) is 0. The molecule has 2 aromatic rings. The molecule has 0 unspecified atom stereocenters. The minimum Gasteiger partial charge on any atom is -0.271 e. The third-order valence-electron chi connectivity index (χ3n) is 3.34. The Balaban J connectivity index is 2.29. The molecule has 1 N–H and O–H groups in total. The number of carbonyl (C=O) groups excluding carboxylic acids is 1. The lowest BCUT2D eigenvalue weighted by Gasteiger charge is -2.16. The quantitative estimate of drug-likeness (QED) is 0.470. The third-order valence-corrected chi connectivity index (χ3v) is 4.83. The molecule has 0 bridgehead atoms. The van der Waals surface area contributed by atoms with Crippen LogP contribution < -0.4 is 0 Å². The Morgan fingerprint density at radius 1 is 0.778 bits per heavy atom. The largest absolute Gasteiger partial charge is 0.416 e. The zero-order valence-corrected chi connectivity index (χ0v) is 13.7. The van der Waals surface area contributed by atoms with Crippen LogP contribution in [-0.2, 0) is 22.4 Å². The topological polar surface area (TPSA) is 74.7 Å². The molecule has 146 valence electrons. The maximum Gasteiger partial charge on any atom is 0.416 e. The Kier molecular flexibility index (Phi) is 5.25. The smallest absolute Gasteiger partial charge is 0.271 e. The molecule has 0 atom stereocenters. The van der Waals surface area contributed by atoms with Gasteiger partial charge in [-0.15, -0.1) is 4.47 Å². The Labute approximate surface area is 148 Å². The van der Waals surface area contributed by atoms with Crippen molar-refractivity contribution in [1.29, 1.82) is 0 Å². The van der Waals surface area contributed by atoms with Crippen LogP contribution in [-0.4, -0.2) is 24.0 Å². The summed E-state index contributed by atoms with van der Waals surface area (Å²) in [7, 11) is -4.94. The van der Waals surface area contributed by atoms with Crippen molar-refractivity contribution in [3.8, 4) is 0 Å². The zero-order chi connectivity index (χ0) is 20.6. The molecular formula is C15H9F6NO4S. The fraction of sp³-hybridized carbons (Fsp3) is 0.133. The van der Waals surface area contributed by atoms with Gasteiger partial charge in [0.2, 0.25) is 0 Å². The number of halogens is 6. The summed E-state index contributed by atoms with van der Waals surface area (Å²) in [5.41, 5.74) is -2.84. The van der Waals surface area contributed by atoms with Gasteiger partial charge in [0.05, 0.1) is 16.0 Å². The summed E-state index contributed by atoms with van der Waals surface area (Å²) < 4.78 is 98.5. The van der Waals surface area contributed by atoms with Crippen LogP contribution in [0.25, 0.3) is 0 Å². The predicted molar refractivity (Wildman–Crippen MR) is 78.0 cm³/mol. The Morgan fingerprint density at radius 3 is 1.52 bits per heavy atom. The van der Waals surface area contributed by atoms with E-state index >= 15 is 0 Å². The van der Waals surface area contributed by atoms with Gasteiger partial charge < -0.3 is 0 Å². The maximum absolute atomic E-state index is 12.5. The van der Waals surface area contributed by atoms with Crippen molar-refractivity contribution in [2.45, 2.75) is 17.2 Å². The van der Waals surface area contributed by atoms with E-state index in [1.807, 2.05) is 0 Å². The van der Waals surface area contributed by atoms with Gasteiger partial charge in [-0.25, -0.2) is 0 Å². The van der Waals surface area contributed by atoms with Crippen LogP contribution in [0, 0.1) is 0 Å². The highest BCUT2D eigenvalue weighted by Gasteiger charge is 2.34. The molecular weight excluding hydrogens is 404 g/mol. The Morgan fingerprint density at radius 2 is 1.15 bits per heavy atom. The number of hydrogen-bond acceptors (Lipinski definition) is 4. The van der Waals surface area contributed by atoms with E-state index in [1.54, 1.807) is 0 Å². The van der Waals surface area contributed by atoms with Crippen LogP contribution in [0.3, 0.4) is 0 Å². The van der Waals surface area contributed by atoms with Gasteiger partial charge in [-0.2, -0.15) is 34.8 Å². The van der Waals surface area contributed by atoms with Crippen LogP contribution in [0.5, 0.6) is 0 Å². The molecule has 0 aliphatic rings. The van der Waals surface area contributed by atoms with E-state index < -0.39 is 54.3 Å². The molecule has 0 aromatic heterocycles. The Hall–Kier alpha value is -2.60. The first-order valence-corrected chi connectivity index (χ1v) is 8.31. The van der Waals surface area contributed by atoms with Gasteiger partial charge in [-0.3, -0.25) is 10.0 Å². The monoisotopic (exact) mass is 413 g/mol. The molecule has 0 heterocycles. The molecule has 2 rings (SSSR count). The molecule has 0 fully saturated rings. The van der Waals surface area contributed by atoms with Crippen LogP contribution in [0.15, 0.2) is 53.4 Å². The van der Waals surface area contributed by atoms with E-state index in [0.29, 0.717) is 48.5 Å². The van der Waals surface area contributed by atoms with Crippen molar-refractivity contribution in [2.75, 3.05) is 0 Å². The summed E-state index contributed by atoms with van der Waals surface area (Å²) in [5, 5.41) is 9.66. The molecule has 2 aromatic carbocycles. The summed E-state index contributed by atoms with van der Waals surface area (Å²) in [6.07, 6.45) is -9.41. The fourth-order valence-corrected chi connectivity index (χ4v) is 2.94. The molecule has 0 spiro atoms. The van der Waals surface area contributed by atoms with Crippen molar-refractivity contribution >= 4 is 15.9 Å². The molecule has 27 heavy (non-hydrogen) atoms. The minimum atomic E-state index is -4.94. The van der Waals surface area contributed by atoms with E-state index in [2.05, 4.69) is 0 Å². The van der Waals surface area contributed by atoms with Gasteiger partial charge in [-0.05, 0) is 48.5 Å². The molecule has 0 aliphatic heterocycles. The highest BCUT2D eigenvalue weighted by molar-refractivity contribution is 7.89. The summed E-state index contributed by atoms with van der Waals surface area (Å²) in [5.74, 6) is -1.58. The zero-order valence-electron chi connectivity index (χ0n) is 12.9. The van der Waals surface area contributed by atoms with E-state index in [4.69, 9.17) is 0 Å². The summed E-state index contributed by atoms with van der Waals surface area (Å²) in [4.78, 5) is 11.2. The van der Waals surface area contributed by atoms with E-state index in [-0.39, 0.29) is 0 Å². The number of sulfonamides is 1. The van der Waals surface area contributed by atoms with E-state index in [1.165, 1.54) is 0 Å². The second-order valence-electron chi connectivity index (χ2n) is 5.15. The first kappa shape index (κ1) is 20.7. The fourth-order valence-electron chi connectivity index (χ4n) is 1.94. The molecule has 5 nitrogen and oxygen atoms in total. The van der Waals surface area contributed by atoms with Gasteiger partial charge in [0.15, 0.2) is 0 Å². The van der Waals surface area contributed by atoms with Crippen molar-refractivity contribution in [3.05, 3.63) is 65.2 Å². The number of rotatable bonds is 3. The standard InChI is InChI=1S/C15H9F6NO4S/c16-14(17,18)10-3-1-9(2-4-10)13(23)22(24)27(25,26)12-7-5-11(6-8-12)15(19,20)21/h1-8,24H. The number of benzene rings is 2. The normalized spacial score (nSPS) is 12.7. The van der Waals surface area contributed by atoms with Crippen LogP contribution in [0.2, 0.25) is 0 Å². The van der Waals surface area contributed by atoms with Crippen LogP contribution >= 0.6 is 0 Å². The SMILES string of the molecule is O=C(c1ccc(C(F)(F)F)cc1)N(O)S(=O)(=O)c1ccc(C(F)(F)F)cc1. The number of hydrogen-bond donors (Lipinski definition) is 1. The van der Waals surface area contributed by atoms with Crippen LogP contribution in [0.4, 0.5) is 26.3 Å².